The first-order chi connectivity index (χ1) is 12.1. The molecule has 0 atom stereocenters. The summed E-state index contributed by atoms with van der Waals surface area (Å²) in [4.78, 5) is 18.6. The molecule has 0 radical (unpaired) electrons. The van der Waals surface area contributed by atoms with Crippen LogP contribution >= 0.6 is 0 Å². The second-order valence-corrected chi connectivity index (χ2v) is 7.01. The van der Waals surface area contributed by atoms with E-state index < -0.39 is 5.97 Å². The molecule has 1 aromatic heterocycles. The predicted octanol–water partition coefficient (Wildman–Crippen LogP) is 2.26. The highest BCUT2D eigenvalue weighted by atomic mass is 16.5. The molecule has 0 spiro atoms. The molecule has 1 aromatic rings. The standard InChI is InChI=1S/C19H26N4O2/c1-13-17(19(24)25-2)11-16(12-20)18(22-13)23-9-5-15(6-10-23)14-3-7-21-8-4-14/h11,14-15,21H,3-10H2,1-2H3. The third-order valence-corrected chi connectivity index (χ3v) is 5.61. The number of carbonyl (C=O) groups excluding carboxylic acids is 1. The fourth-order valence-corrected chi connectivity index (χ4v) is 4.13. The molecule has 0 amide bonds. The number of rotatable bonds is 3. The van der Waals surface area contributed by atoms with Crippen molar-refractivity contribution in [3.8, 4) is 6.07 Å². The maximum atomic E-state index is 11.8. The summed E-state index contributed by atoms with van der Waals surface area (Å²) in [6.07, 6.45) is 4.85. The van der Waals surface area contributed by atoms with Gasteiger partial charge in [-0.3, -0.25) is 0 Å². The number of aromatic nitrogens is 1. The van der Waals surface area contributed by atoms with Crippen LogP contribution in [0, 0.1) is 30.1 Å². The minimum absolute atomic E-state index is 0.368. The van der Waals surface area contributed by atoms with E-state index >= 15 is 0 Å². The normalized spacial score (nSPS) is 19.5. The highest BCUT2D eigenvalue weighted by Gasteiger charge is 2.29. The number of piperidine rings is 2. The van der Waals surface area contributed by atoms with Gasteiger partial charge in [-0.05, 0) is 63.6 Å². The SMILES string of the molecule is COC(=O)c1cc(C#N)c(N2CCC(C3CCNCC3)CC2)nc1C. The summed E-state index contributed by atoms with van der Waals surface area (Å²) in [6, 6.07) is 3.81. The van der Waals surface area contributed by atoms with Crippen LogP contribution in [0.1, 0.15) is 47.3 Å². The van der Waals surface area contributed by atoms with E-state index in [1.54, 1.807) is 13.0 Å². The Morgan fingerprint density at radius 1 is 1.28 bits per heavy atom. The van der Waals surface area contributed by atoms with Crippen LogP contribution in [0.4, 0.5) is 5.82 Å². The maximum Gasteiger partial charge on any atom is 0.339 e. The summed E-state index contributed by atoms with van der Waals surface area (Å²) in [6.45, 7) is 5.91. The van der Waals surface area contributed by atoms with Gasteiger partial charge >= 0.3 is 5.97 Å². The van der Waals surface area contributed by atoms with Crippen molar-refractivity contribution in [1.29, 1.82) is 5.26 Å². The van der Waals surface area contributed by atoms with Crippen molar-refractivity contribution >= 4 is 11.8 Å². The Labute approximate surface area is 149 Å². The number of carbonyl (C=O) groups is 1. The molecule has 0 aliphatic carbocycles. The molecule has 134 valence electrons. The molecule has 0 unspecified atom stereocenters. The summed E-state index contributed by atoms with van der Waals surface area (Å²) in [7, 11) is 1.34. The molecule has 2 fully saturated rings. The number of ether oxygens (including phenoxy) is 1. The molecule has 1 N–H and O–H groups in total. The zero-order chi connectivity index (χ0) is 17.8. The first kappa shape index (κ1) is 17.7. The topological polar surface area (TPSA) is 78.2 Å². The van der Waals surface area contributed by atoms with Gasteiger partial charge in [0.1, 0.15) is 11.9 Å². The Balaban J connectivity index is 1.73. The zero-order valence-electron chi connectivity index (χ0n) is 15.0. The van der Waals surface area contributed by atoms with Crippen LogP contribution in [0.3, 0.4) is 0 Å². The van der Waals surface area contributed by atoms with Crippen LogP contribution < -0.4 is 10.2 Å². The van der Waals surface area contributed by atoms with Crippen molar-refractivity contribution < 1.29 is 9.53 Å². The van der Waals surface area contributed by atoms with Crippen LogP contribution in [0.2, 0.25) is 0 Å². The molecule has 25 heavy (non-hydrogen) atoms. The number of nitriles is 1. The number of hydrogen-bond acceptors (Lipinski definition) is 6. The Bertz CT molecular complexity index is 669. The van der Waals surface area contributed by atoms with Gasteiger partial charge in [0.15, 0.2) is 0 Å². The maximum absolute atomic E-state index is 11.8. The molecule has 0 aromatic carbocycles. The molecule has 0 bridgehead atoms. The van der Waals surface area contributed by atoms with Gasteiger partial charge in [0.25, 0.3) is 0 Å². The molecule has 2 saturated heterocycles. The van der Waals surface area contributed by atoms with Crippen LogP contribution in [0.5, 0.6) is 0 Å². The average molecular weight is 342 g/mol. The number of nitrogens with zero attached hydrogens (tertiary/aromatic N) is 3. The molecular weight excluding hydrogens is 316 g/mol. The van der Waals surface area contributed by atoms with Gasteiger partial charge in [-0.1, -0.05) is 0 Å². The summed E-state index contributed by atoms with van der Waals surface area (Å²) >= 11 is 0. The first-order valence-electron chi connectivity index (χ1n) is 9.09. The largest absolute Gasteiger partial charge is 0.465 e. The zero-order valence-corrected chi connectivity index (χ0v) is 15.0. The van der Waals surface area contributed by atoms with Crippen LogP contribution in [0.15, 0.2) is 6.07 Å². The van der Waals surface area contributed by atoms with Crippen molar-refractivity contribution in [3.05, 3.63) is 22.9 Å². The second-order valence-electron chi connectivity index (χ2n) is 7.01. The number of methoxy groups -OCH3 is 1. The quantitative estimate of drug-likeness (QED) is 0.849. The highest BCUT2D eigenvalue weighted by Crippen LogP contribution is 2.33. The molecule has 3 rings (SSSR count). The number of esters is 1. The first-order valence-corrected chi connectivity index (χ1v) is 9.09. The summed E-state index contributed by atoms with van der Waals surface area (Å²) in [5.74, 6) is 1.86. The number of hydrogen-bond donors (Lipinski definition) is 1. The molecule has 2 aliphatic heterocycles. The van der Waals surface area contributed by atoms with Crippen molar-refractivity contribution in [2.75, 3.05) is 38.2 Å². The molecular formula is C19H26N4O2. The minimum Gasteiger partial charge on any atom is -0.465 e. The lowest BCUT2D eigenvalue weighted by Gasteiger charge is -2.38. The van der Waals surface area contributed by atoms with Gasteiger partial charge in [0, 0.05) is 13.1 Å². The van der Waals surface area contributed by atoms with Gasteiger partial charge < -0.3 is 15.0 Å². The third-order valence-electron chi connectivity index (χ3n) is 5.61. The molecule has 6 heteroatoms. The van der Waals surface area contributed by atoms with E-state index in [0.29, 0.717) is 22.6 Å². The van der Waals surface area contributed by atoms with Crippen molar-refractivity contribution in [2.24, 2.45) is 11.8 Å². The van der Waals surface area contributed by atoms with E-state index in [1.165, 1.54) is 20.0 Å². The fourth-order valence-electron chi connectivity index (χ4n) is 4.13. The van der Waals surface area contributed by atoms with Crippen LogP contribution in [-0.2, 0) is 4.74 Å². The van der Waals surface area contributed by atoms with Gasteiger partial charge in [-0.25, -0.2) is 9.78 Å². The Morgan fingerprint density at radius 3 is 2.52 bits per heavy atom. The van der Waals surface area contributed by atoms with Gasteiger partial charge in [0.05, 0.1) is 23.9 Å². The minimum atomic E-state index is -0.447. The number of anilines is 1. The molecule has 3 heterocycles. The summed E-state index contributed by atoms with van der Waals surface area (Å²) < 4.78 is 4.78. The fraction of sp³-hybridized carbons (Fsp3) is 0.632. The molecule has 6 nitrogen and oxygen atoms in total. The third kappa shape index (κ3) is 3.77. The highest BCUT2D eigenvalue weighted by molar-refractivity contribution is 5.91. The average Bonchev–Trinajstić information content (AvgIpc) is 2.68. The lowest BCUT2D eigenvalue weighted by molar-refractivity contribution is 0.0599. The Kier molecular flexibility index (Phi) is 5.54. The van der Waals surface area contributed by atoms with E-state index in [2.05, 4.69) is 21.3 Å². The molecule has 2 aliphatic rings. The van der Waals surface area contributed by atoms with E-state index in [0.717, 1.165) is 50.9 Å². The van der Waals surface area contributed by atoms with Crippen LogP contribution in [0.25, 0.3) is 0 Å². The Hall–Kier alpha value is -2.13. The molecule has 0 saturated carbocycles. The van der Waals surface area contributed by atoms with E-state index in [9.17, 15) is 10.1 Å². The van der Waals surface area contributed by atoms with Gasteiger partial charge in [-0.15, -0.1) is 0 Å². The lowest BCUT2D eigenvalue weighted by atomic mass is 9.79. The van der Waals surface area contributed by atoms with E-state index in [-0.39, 0.29) is 0 Å². The van der Waals surface area contributed by atoms with Crippen molar-refractivity contribution in [2.45, 2.75) is 32.6 Å². The van der Waals surface area contributed by atoms with E-state index in [4.69, 9.17) is 4.74 Å². The van der Waals surface area contributed by atoms with Gasteiger partial charge in [-0.2, -0.15) is 5.26 Å². The monoisotopic (exact) mass is 342 g/mol. The van der Waals surface area contributed by atoms with Crippen LogP contribution in [-0.4, -0.2) is 44.2 Å². The smallest absolute Gasteiger partial charge is 0.339 e. The van der Waals surface area contributed by atoms with Gasteiger partial charge in [0.2, 0.25) is 0 Å². The number of nitrogens with one attached hydrogen (secondary N) is 1. The van der Waals surface area contributed by atoms with E-state index in [1.807, 2.05) is 0 Å². The second kappa shape index (κ2) is 7.83. The van der Waals surface area contributed by atoms with Crippen molar-refractivity contribution in [3.63, 3.8) is 0 Å². The summed E-state index contributed by atoms with van der Waals surface area (Å²) in [5, 5.41) is 12.9. The Morgan fingerprint density at radius 2 is 1.92 bits per heavy atom. The lowest BCUT2D eigenvalue weighted by Crippen LogP contribution is -2.40. The summed E-state index contributed by atoms with van der Waals surface area (Å²) in [5.41, 5.74) is 1.43. The predicted molar refractivity (Wildman–Crippen MR) is 95.6 cm³/mol. The number of pyridine rings is 1. The van der Waals surface area contributed by atoms with Crippen molar-refractivity contribution in [1.82, 2.24) is 10.3 Å². The number of aryl methyl sites for hydroxylation is 1.